The minimum atomic E-state index is -0.0283. The third-order valence-corrected chi connectivity index (χ3v) is 5.81. The highest BCUT2D eigenvalue weighted by Gasteiger charge is 2.22. The molecule has 0 saturated carbocycles. The van der Waals surface area contributed by atoms with E-state index in [1.54, 1.807) is 0 Å². The Bertz CT molecular complexity index is 795. The molecule has 144 valence electrons. The van der Waals surface area contributed by atoms with Crippen molar-refractivity contribution in [3.05, 3.63) is 57.6 Å². The van der Waals surface area contributed by atoms with Crippen molar-refractivity contribution in [2.75, 3.05) is 36.4 Å². The summed E-state index contributed by atoms with van der Waals surface area (Å²) >= 11 is 12.1. The van der Waals surface area contributed by atoms with E-state index in [1.807, 2.05) is 23.1 Å². The van der Waals surface area contributed by atoms with Gasteiger partial charge < -0.3 is 15.1 Å². The molecule has 4 nitrogen and oxygen atoms in total. The first-order valence-corrected chi connectivity index (χ1v) is 10.2. The van der Waals surface area contributed by atoms with Gasteiger partial charge in [0.1, 0.15) is 0 Å². The summed E-state index contributed by atoms with van der Waals surface area (Å²) in [6, 6.07) is 11.8. The Morgan fingerprint density at radius 2 is 1.59 bits per heavy atom. The van der Waals surface area contributed by atoms with Crippen molar-refractivity contribution in [3.8, 4) is 0 Å². The summed E-state index contributed by atoms with van der Waals surface area (Å²) < 4.78 is 0. The van der Waals surface area contributed by atoms with Crippen LogP contribution in [0.25, 0.3) is 0 Å². The summed E-state index contributed by atoms with van der Waals surface area (Å²) in [6.07, 6.45) is 1.79. The van der Waals surface area contributed by atoms with Gasteiger partial charge in [-0.15, -0.1) is 0 Å². The fourth-order valence-electron chi connectivity index (χ4n) is 3.44. The number of urea groups is 1. The minimum absolute atomic E-state index is 0.0283. The van der Waals surface area contributed by atoms with Crippen molar-refractivity contribution in [1.29, 1.82) is 0 Å². The Morgan fingerprint density at radius 1 is 0.963 bits per heavy atom. The molecule has 1 saturated heterocycles. The molecule has 0 spiro atoms. The van der Waals surface area contributed by atoms with E-state index in [0.717, 1.165) is 37.3 Å². The second-order valence-corrected chi connectivity index (χ2v) is 7.48. The molecule has 0 unspecified atom stereocenters. The molecule has 2 aromatic rings. The van der Waals surface area contributed by atoms with Crippen LogP contribution in [-0.2, 0) is 12.8 Å². The van der Waals surface area contributed by atoms with Crippen molar-refractivity contribution in [3.63, 3.8) is 0 Å². The molecule has 27 heavy (non-hydrogen) atoms. The maximum Gasteiger partial charge on any atom is 0.321 e. The third kappa shape index (κ3) is 4.50. The molecule has 0 aromatic heterocycles. The van der Waals surface area contributed by atoms with Gasteiger partial charge in [0.15, 0.2) is 0 Å². The number of para-hydroxylation sites is 1. The van der Waals surface area contributed by atoms with E-state index in [1.165, 1.54) is 11.1 Å². The largest absolute Gasteiger partial charge is 0.368 e. The highest BCUT2D eigenvalue weighted by Crippen LogP contribution is 2.28. The lowest BCUT2D eigenvalue weighted by Crippen LogP contribution is -2.50. The Labute approximate surface area is 171 Å². The normalized spacial score (nSPS) is 14.4. The quantitative estimate of drug-likeness (QED) is 0.731. The SMILES string of the molecule is CCc1cccc(CC)c1NC(=O)N1CCN(c2ccc(Cl)c(Cl)c2)CC1. The van der Waals surface area contributed by atoms with Crippen molar-refractivity contribution in [1.82, 2.24) is 4.90 Å². The monoisotopic (exact) mass is 405 g/mol. The molecule has 1 N–H and O–H groups in total. The smallest absolute Gasteiger partial charge is 0.321 e. The molecule has 0 aliphatic carbocycles. The number of carbonyl (C=O) groups excluding carboxylic acids is 1. The fraction of sp³-hybridized carbons (Fsp3) is 0.381. The first-order chi connectivity index (χ1) is 13.0. The predicted molar refractivity (Wildman–Crippen MR) is 114 cm³/mol. The maximum atomic E-state index is 12.8. The molecule has 1 fully saturated rings. The number of nitrogens with zero attached hydrogens (tertiary/aromatic N) is 2. The Kier molecular flexibility index (Phi) is 6.51. The van der Waals surface area contributed by atoms with Gasteiger partial charge in [-0.2, -0.15) is 0 Å². The van der Waals surface area contributed by atoms with Gasteiger partial charge in [-0.05, 0) is 42.2 Å². The highest BCUT2D eigenvalue weighted by atomic mass is 35.5. The van der Waals surface area contributed by atoms with Gasteiger partial charge in [0, 0.05) is 37.6 Å². The van der Waals surface area contributed by atoms with Crippen LogP contribution in [0.1, 0.15) is 25.0 Å². The number of anilines is 2. The number of rotatable bonds is 4. The summed E-state index contributed by atoms with van der Waals surface area (Å²) in [7, 11) is 0. The second kappa shape index (κ2) is 8.85. The predicted octanol–water partition coefficient (Wildman–Crippen LogP) is 5.47. The van der Waals surface area contributed by atoms with E-state index in [-0.39, 0.29) is 6.03 Å². The van der Waals surface area contributed by atoms with Crippen LogP contribution in [0.5, 0.6) is 0 Å². The molecule has 1 heterocycles. The Morgan fingerprint density at radius 3 is 2.15 bits per heavy atom. The molecular formula is C21H25Cl2N3O. The molecule has 6 heteroatoms. The topological polar surface area (TPSA) is 35.6 Å². The van der Waals surface area contributed by atoms with Crippen LogP contribution in [0.15, 0.2) is 36.4 Å². The lowest BCUT2D eigenvalue weighted by molar-refractivity contribution is 0.208. The first-order valence-electron chi connectivity index (χ1n) is 9.40. The van der Waals surface area contributed by atoms with Crippen LogP contribution in [0, 0.1) is 0 Å². The van der Waals surface area contributed by atoms with Gasteiger partial charge in [-0.25, -0.2) is 4.79 Å². The van der Waals surface area contributed by atoms with Crippen molar-refractivity contribution in [2.45, 2.75) is 26.7 Å². The zero-order valence-electron chi connectivity index (χ0n) is 15.8. The van der Waals surface area contributed by atoms with Crippen LogP contribution in [0.2, 0.25) is 10.0 Å². The molecule has 0 atom stereocenters. The van der Waals surface area contributed by atoms with Crippen molar-refractivity contribution >= 4 is 40.6 Å². The number of amides is 2. The van der Waals surface area contributed by atoms with Crippen LogP contribution in [-0.4, -0.2) is 37.1 Å². The van der Waals surface area contributed by atoms with Crippen LogP contribution < -0.4 is 10.2 Å². The minimum Gasteiger partial charge on any atom is -0.368 e. The van der Waals surface area contributed by atoms with E-state index < -0.39 is 0 Å². The Balaban J connectivity index is 1.64. The average molecular weight is 406 g/mol. The molecule has 1 aliphatic heterocycles. The molecule has 3 rings (SSSR count). The number of hydrogen-bond acceptors (Lipinski definition) is 2. The molecule has 0 radical (unpaired) electrons. The molecule has 0 bridgehead atoms. The van der Waals surface area contributed by atoms with E-state index in [4.69, 9.17) is 23.2 Å². The van der Waals surface area contributed by atoms with E-state index in [2.05, 4.69) is 42.3 Å². The summed E-state index contributed by atoms with van der Waals surface area (Å²) in [4.78, 5) is 16.9. The number of benzene rings is 2. The van der Waals surface area contributed by atoms with Gasteiger partial charge in [0.25, 0.3) is 0 Å². The summed E-state index contributed by atoms with van der Waals surface area (Å²) in [5, 5.41) is 4.26. The number of carbonyl (C=O) groups is 1. The van der Waals surface area contributed by atoms with Crippen molar-refractivity contribution < 1.29 is 4.79 Å². The van der Waals surface area contributed by atoms with Gasteiger partial charge in [0.2, 0.25) is 0 Å². The zero-order valence-corrected chi connectivity index (χ0v) is 17.3. The molecule has 1 aliphatic rings. The second-order valence-electron chi connectivity index (χ2n) is 6.66. The number of aryl methyl sites for hydroxylation is 2. The van der Waals surface area contributed by atoms with Gasteiger partial charge in [-0.3, -0.25) is 0 Å². The van der Waals surface area contributed by atoms with Gasteiger partial charge in [-0.1, -0.05) is 55.2 Å². The highest BCUT2D eigenvalue weighted by molar-refractivity contribution is 6.42. The Hall–Kier alpha value is -1.91. The lowest BCUT2D eigenvalue weighted by Gasteiger charge is -2.36. The van der Waals surface area contributed by atoms with Crippen LogP contribution in [0.4, 0.5) is 16.2 Å². The van der Waals surface area contributed by atoms with Crippen LogP contribution >= 0.6 is 23.2 Å². The van der Waals surface area contributed by atoms with E-state index in [9.17, 15) is 4.79 Å². The molecule has 2 aromatic carbocycles. The van der Waals surface area contributed by atoms with Gasteiger partial charge >= 0.3 is 6.03 Å². The lowest BCUT2D eigenvalue weighted by atomic mass is 10.0. The van der Waals surface area contributed by atoms with E-state index >= 15 is 0 Å². The van der Waals surface area contributed by atoms with Gasteiger partial charge in [0.05, 0.1) is 10.0 Å². The zero-order chi connectivity index (χ0) is 19.4. The van der Waals surface area contributed by atoms with E-state index in [0.29, 0.717) is 23.1 Å². The summed E-state index contributed by atoms with van der Waals surface area (Å²) in [5.41, 5.74) is 4.36. The summed E-state index contributed by atoms with van der Waals surface area (Å²) in [5.74, 6) is 0. The van der Waals surface area contributed by atoms with Crippen molar-refractivity contribution in [2.24, 2.45) is 0 Å². The maximum absolute atomic E-state index is 12.8. The number of piperazine rings is 1. The standard InChI is InChI=1S/C21H25Cl2N3O/c1-3-15-6-5-7-16(4-2)20(15)24-21(27)26-12-10-25(11-13-26)17-8-9-18(22)19(23)14-17/h5-9,14H,3-4,10-13H2,1-2H3,(H,24,27). The number of halogens is 2. The third-order valence-electron chi connectivity index (χ3n) is 5.07. The first kappa shape index (κ1) is 19.8. The molecule has 2 amide bonds. The fourth-order valence-corrected chi connectivity index (χ4v) is 3.73. The summed E-state index contributed by atoms with van der Waals surface area (Å²) in [6.45, 7) is 7.09. The van der Waals surface area contributed by atoms with Crippen LogP contribution in [0.3, 0.4) is 0 Å². The number of hydrogen-bond donors (Lipinski definition) is 1. The molecular weight excluding hydrogens is 381 g/mol. The number of nitrogens with one attached hydrogen (secondary N) is 1. The average Bonchev–Trinajstić information content (AvgIpc) is 2.70.